The molecular weight excluding hydrogens is 210 g/mol. The summed E-state index contributed by atoms with van der Waals surface area (Å²) in [6, 6.07) is 12.1. The number of pyridine rings is 1. The third kappa shape index (κ3) is 2.82. The van der Waals surface area contributed by atoms with Crippen LogP contribution in [0.2, 0.25) is 0 Å². The minimum absolute atomic E-state index is 0.105. The average Bonchev–Trinajstić information content (AvgIpc) is 2.32. The first-order valence-corrected chi connectivity index (χ1v) is 5.68. The van der Waals surface area contributed by atoms with Gasteiger partial charge in [-0.2, -0.15) is 0 Å². The maximum atomic E-state index is 6.15. The lowest BCUT2D eigenvalue weighted by molar-refractivity contribution is 0.721. The van der Waals surface area contributed by atoms with Gasteiger partial charge in [0.1, 0.15) is 5.82 Å². The van der Waals surface area contributed by atoms with E-state index in [9.17, 15) is 0 Å². The van der Waals surface area contributed by atoms with Crippen LogP contribution in [0.4, 0.5) is 5.82 Å². The normalized spacial score (nSPS) is 12.4. The molecule has 17 heavy (non-hydrogen) atoms. The van der Waals surface area contributed by atoms with Crippen molar-refractivity contribution in [1.29, 1.82) is 0 Å². The summed E-state index contributed by atoms with van der Waals surface area (Å²) in [6.45, 7) is 2.07. The van der Waals surface area contributed by atoms with Gasteiger partial charge in [0.05, 0.1) is 0 Å². The van der Waals surface area contributed by atoms with Gasteiger partial charge in [-0.15, -0.1) is 0 Å². The number of nitrogen functional groups attached to an aromatic ring is 1. The van der Waals surface area contributed by atoms with Gasteiger partial charge in [0, 0.05) is 17.8 Å². The summed E-state index contributed by atoms with van der Waals surface area (Å²) < 4.78 is 0. The Labute approximate surface area is 101 Å². The van der Waals surface area contributed by atoms with E-state index in [4.69, 9.17) is 11.5 Å². The molecule has 0 bridgehead atoms. The second-order valence-electron chi connectivity index (χ2n) is 4.27. The second-order valence-corrected chi connectivity index (χ2v) is 4.27. The molecule has 1 aromatic heterocycles. The van der Waals surface area contributed by atoms with Crippen molar-refractivity contribution in [3.8, 4) is 0 Å². The fraction of sp³-hybridized carbons (Fsp3) is 0.214. The zero-order valence-corrected chi connectivity index (χ0v) is 9.93. The van der Waals surface area contributed by atoms with E-state index >= 15 is 0 Å². The van der Waals surface area contributed by atoms with Gasteiger partial charge in [0.2, 0.25) is 0 Å². The van der Waals surface area contributed by atoms with Crippen LogP contribution in [0.1, 0.15) is 22.7 Å². The summed E-state index contributed by atoms with van der Waals surface area (Å²) in [5.41, 5.74) is 15.3. The molecule has 0 fully saturated rings. The maximum Gasteiger partial charge on any atom is 0.128 e. The standard InChI is InChI=1S/C14H17N3/c1-10-4-6-11(7-5-10)9-13(15)12-3-2-8-17-14(12)16/h2-8,13H,9,15H2,1H3,(H2,16,17). The highest BCUT2D eigenvalue weighted by Gasteiger charge is 2.10. The summed E-state index contributed by atoms with van der Waals surface area (Å²) >= 11 is 0. The minimum Gasteiger partial charge on any atom is -0.383 e. The predicted octanol–water partition coefficient (Wildman–Crippen LogP) is 2.21. The molecule has 0 radical (unpaired) electrons. The number of nitrogens with two attached hydrogens (primary N) is 2. The number of rotatable bonds is 3. The Bertz CT molecular complexity index is 491. The lowest BCUT2D eigenvalue weighted by Gasteiger charge is -2.13. The highest BCUT2D eigenvalue weighted by Crippen LogP contribution is 2.19. The monoisotopic (exact) mass is 227 g/mol. The molecule has 0 aliphatic heterocycles. The molecule has 1 aromatic carbocycles. The van der Waals surface area contributed by atoms with Gasteiger partial charge in [-0.3, -0.25) is 0 Å². The quantitative estimate of drug-likeness (QED) is 0.845. The van der Waals surface area contributed by atoms with E-state index in [2.05, 4.69) is 36.2 Å². The predicted molar refractivity (Wildman–Crippen MR) is 70.5 cm³/mol. The molecule has 0 saturated carbocycles. The molecule has 3 heteroatoms. The Balaban J connectivity index is 2.14. The third-order valence-corrected chi connectivity index (χ3v) is 2.85. The molecule has 0 amide bonds. The van der Waals surface area contributed by atoms with E-state index in [0.29, 0.717) is 5.82 Å². The largest absolute Gasteiger partial charge is 0.383 e. The lowest BCUT2D eigenvalue weighted by atomic mass is 9.99. The molecular formula is C14H17N3. The number of nitrogens with zero attached hydrogens (tertiary/aromatic N) is 1. The first kappa shape index (κ1) is 11.6. The molecule has 3 nitrogen and oxygen atoms in total. The van der Waals surface area contributed by atoms with Crippen LogP contribution in [0.15, 0.2) is 42.6 Å². The molecule has 0 spiro atoms. The number of hydrogen-bond acceptors (Lipinski definition) is 3. The molecule has 0 aliphatic rings. The molecule has 2 aromatic rings. The van der Waals surface area contributed by atoms with E-state index in [1.807, 2.05) is 12.1 Å². The topological polar surface area (TPSA) is 64.9 Å². The van der Waals surface area contributed by atoms with Crippen molar-refractivity contribution in [2.45, 2.75) is 19.4 Å². The zero-order chi connectivity index (χ0) is 12.3. The van der Waals surface area contributed by atoms with Crippen molar-refractivity contribution in [3.05, 3.63) is 59.3 Å². The number of benzene rings is 1. The molecule has 1 heterocycles. The Morgan fingerprint density at radius 2 is 1.88 bits per heavy atom. The number of aromatic nitrogens is 1. The van der Waals surface area contributed by atoms with E-state index in [1.165, 1.54) is 11.1 Å². The van der Waals surface area contributed by atoms with E-state index in [0.717, 1.165) is 12.0 Å². The minimum atomic E-state index is -0.105. The molecule has 88 valence electrons. The van der Waals surface area contributed by atoms with Crippen molar-refractivity contribution in [2.75, 3.05) is 5.73 Å². The fourth-order valence-corrected chi connectivity index (χ4v) is 1.83. The van der Waals surface area contributed by atoms with E-state index in [1.54, 1.807) is 6.20 Å². The summed E-state index contributed by atoms with van der Waals surface area (Å²) in [6.07, 6.45) is 2.45. The van der Waals surface area contributed by atoms with Gasteiger partial charge in [-0.05, 0) is 25.0 Å². The third-order valence-electron chi connectivity index (χ3n) is 2.85. The van der Waals surface area contributed by atoms with E-state index < -0.39 is 0 Å². The Hall–Kier alpha value is -1.87. The summed E-state index contributed by atoms with van der Waals surface area (Å²) in [5.74, 6) is 0.520. The smallest absolute Gasteiger partial charge is 0.128 e. The molecule has 4 N–H and O–H groups in total. The first-order valence-electron chi connectivity index (χ1n) is 5.68. The molecule has 0 aliphatic carbocycles. The zero-order valence-electron chi connectivity index (χ0n) is 9.93. The van der Waals surface area contributed by atoms with E-state index in [-0.39, 0.29) is 6.04 Å². The fourth-order valence-electron chi connectivity index (χ4n) is 1.83. The highest BCUT2D eigenvalue weighted by molar-refractivity contribution is 5.41. The van der Waals surface area contributed by atoms with Crippen molar-refractivity contribution in [1.82, 2.24) is 4.98 Å². The van der Waals surface area contributed by atoms with Gasteiger partial charge in [-0.1, -0.05) is 35.9 Å². The maximum absolute atomic E-state index is 6.15. The molecule has 1 atom stereocenters. The van der Waals surface area contributed by atoms with Gasteiger partial charge < -0.3 is 11.5 Å². The van der Waals surface area contributed by atoms with Crippen molar-refractivity contribution >= 4 is 5.82 Å². The number of aryl methyl sites for hydroxylation is 1. The van der Waals surface area contributed by atoms with Crippen LogP contribution in [0.3, 0.4) is 0 Å². The molecule has 1 unspecified atom stereocenters. The van der Waals surface area contributed by atoms with Crippen LogP contribution in [0, 0.1) is 6.92 Å². The SMILES string of the molecule is Cc1ccc(CC(N)c2cccnc2N)cc1. The highest BCUT2D eigenvalue weighted by atomic mass is 14.8. The van der Waals surface area contributed by atoms with Crippen molar-refractivity contribution in [3.63, 3.8) is 0 Å². The summed E-state index contributed by atoms with van der Waals surface area (Å²) in [7, 11) is 0. The van der Waals surface area contributed by atoms with Crippen LogP contribution >= 0.6 is 0 Å². The van der Waals surface area contributed by atoms with Gasteiger partial charge in [-0.25, -0.2) is 4.98 Å². The number of hydrogen-bond donors (Lipinski definition) is 2. The van der Waals surface area contributed by atoms with Crippen LogP contribution in [-0.4, -0.2) is 4.98 Å². The van der Waals surface area contributed by atoms with Gasteiger partial charge in [0.25, 0.3) is 0 Å². The molecule has 0 saturated heterocycles. The lowest BCUT2D eigenvalue weighted by Crippen LogP contribution is -2.15. The first-order chi connectivity index (χ1) is 8.16. The molecule has 2 rings (SSSR count). The summed E-state index contributed by atoms with van der Waals surface area (Å²) in [4.78, 5) is 4.05. The van der Waals surface area contributed by atoms with Crippen molar-refractivity contribution < 1.29 is 0 Å². The van der Waals surface area contributed by atoms with Crippen LogP contribution in [-0.2, 0) is 6.42 Å². The Morgan fingerprint density at radius 3 is 2.53 bits per heavy atom. The second kappa shape index (κ2) is 4.97. The van der Waals surface area contributed by atoms with Crippen molar-refractivity contribution in [2.24, 2.45) is 5.73 Å². The van der Waals surface area contributed by atoms with Crippen LogP contribution < -0.4 is 11.5 Å². The van der Waals surface area contributed by atoms with Crippen LogP contribution in [0.25, 0.3) is 0 Å². The Kier molecular flexibility index (Phi) is 3.40. The van der Waals surface area contributed by atoms with Crippen LogP contribution in [0.5, 0.6) is 0 Å². The van der Waals surface area contributed by atoms with Gasteiger partial charge >= 0.3 is 0 Å². The summed E-state index contributed by atoms with van der Waals surface area (Å²) in [5, 5.41) is 0. The Morgan fingerprint density at radius 1 is 1.18 bits per heavy atom. The number of anilines is 1. The average molecular weight is 227 g/mol. The van der Waals surface area contributed by atoms with Gasteiger partial charge in [0.15, 0.2) is 0 Å².